The number of methoxy groups -OCH3 is 1. The van der Waals surface area contributed by atoms with E-state index in [9.17, 15) is 14.0 Å². The number of halogens is 1. The Hall–Kier alpha value is -5.57. The van der Waals surface area contributed by atoms with Gasteiger partial charge in [0.05, 0.1) is 43.8 Å². The molecule has 2 aliphatic heterocycles. The number of carbonyl (C=O) groups is 2. The van der Waals surface area contributed by atoms with E-state index < -0.39 is 6.04 Å². The first-order chi connectivity index (χ1) is 30.1. The number of para-hydroxylation sites is 1. The van der Waals surface area contributed by atoms with Crippen LogP contribution in [0.1, 0.15) is 43.2 Å². The number of nitrogens with zero attached hydrogens (tertiary/aromatic N) is 4. The zero-order chi connectivity index (χ0) is 43.5. The summed E-state index contributed by atoms with van der Waals surface area (Å²) in [6.07, 6.45) is 6.28. The van der Waals surface area contributed by atoms with E-state index in [0.29, 0.717) is 76.2 Å². The van der Waals surface area contributed by atoms with Gasteiger partial charge in [0.15, 0.2) is 0 Å². The fourth-order valence-electron chi connectivity index (χ4n) is 8.24. The minimum Gasteiger partial charge on any atom is -0.491 e. The molecule has 0 aliphatic carbocycles. The highest BCUT2D eigenvalue weighted by Gasteiger charge is 2.40. The molecule has 2 amide bonds. The number of pyridine rings is 2. The molecule has 1 fully saturated rings. The summed E-state index contributed by atoms with van der Waals surface area (Å²) < 4.78 is 31.7. The van der Waals surface area contributed by atoms with Crippen molar-refractivity contribution in [1.29, 1.82) is 0 Å². The van der Waals surface area contributed by atoms with Gasteiger partial charge < -0.3 is 35.1 Å². The quantitative estimate of drug-likeness (QED) is 0.0847. The topological polar surface area (TPSA) is 130 Å². The molecular weight excluding hydrogens is 786 g/mol. The number of carbonyl (C=O) groups excluding carboxylic acids is 2. The number of aromatic nitrogens is 2. The molecule has 7 rings (SSSR count). The summed E-state index contributed by atoms with van der Waals surface area (Å²) in [4.78, 5) is 40.6. The van der Waals surface area contributed by atoms with Crippen LogP contribution in [-0.4, -0.2) is 111 Å². The molecule has 3 atom stereocenters. The molecule has 13 heteroatoms. The van der Waals surface area contributed by atoms with E-state index >= 15 is 0 Å². The standard InChI is InChI=1S/C49H58FN7O5/c1-34-30-56(42(29-53-34)32-60-4)31-46(58)57-33-49(2,3)47-44(57)27-36(28-54-47)24-39-9-5-6-11-45(39)62-23-22-61-21-20-52-43(26-35-8-7-10-40(50)25-35)48(59)55-41-14-12-37(13-15-41)38-16-18-51-19-17-38/h5-19,25,27-28,34,42-43,52-53H,20-24,26,29-33H2,1-4H3,(H,55,59)/t34-,42-,43-/m1/s1. The van der Waals surface area contributed by atoms with E-state index in [4.69, 9.17) is 19.2 Å². The van der Waals surface area contributed by atoms with E-state index in [-0.39, 0.29) is 29.1 Å². The second-order valence-electron chi connectivity index (χ2n) is 16.8. The van der Waals surface area contributed by atoms with Crippen molar-refractivity contribution in [3.05, 3.63) is 138 Å². The first kappa shape index (κ1) is 44.5. The van der Waals surface area contributed by atoms with E-state index in [1.165, 1.54) is 12.1 Å². The number of hydrogen-bond donors (Lipinski definition) is 3. The van der Waals surface area contributed by atoms with Crippen LogP contribution >= 0.6 is 0 Å². The van der Waals surface area contributed by atoms with Gasteiger partial charge in [-0.25, -0.2) is 4.39 Å². The van der Waals surface area contributed by atoms with E-state index in [0.717, 1.165) is 52.5 Å². The van der Waals surface area contributed by atoms with Crippen LogP contribution in [0.4, 0.5) is 15.8 Å². The highest BCUT2D eigenvalue weighted by Crippen LogP contribution is 2.40. The molecular formula is C49H58FN7O5. The molecule has 0 spiro atoms. The van der Waals surface area contributed by atoms with Crippen molar-refractivity contribution in [2.45, 2.75) is 57.2 Å². The van der Waals surface area contributed by atoms with Crippen molar-refractivity contribution in [2.75, 3.05) is 76.5 Å². The van der Waals surface area contributed by atoms with Gasteiger partial charge in [-0.2, -0.15) is 0 Å². The maximum Gasteiger partial charge on any atom is 0.241 e. The molecule has 3 N–H and O–H groups in total. The molecule has 0 saturated carbocycles. The summed E-state index contributed by atoms with van der Waals surface area (Å²) in [5.41, 5.74) is 6.94. The number of amides is 2. The predicted octanol–water partition coefficient (Wildman–Crippen LogP) is 6.04. The zero-order valence-corrected chi connectivity index (χ0v) is 36.1. The van der Waals surface area contributed by atoms with Gasteiger partial charge in [0.1, 0.15) is 18.2 Å². The molecule has 2 aliphatic rings. The Morgan fingerprint density at radius 2 is 1.74 bits per heavy atom. The van der Waals surface area contributed by atoms with Gasteiger partial charge >= 0.3 is 0 Å². The lowest BCUT2D eigenvalue weighted by atomic mass is 9.91. The van der Waals surface area contributed by atoms with Crippen molar-refractivity contribution in [2.24, 2.45) is 0 Å². The normalized spacial score (nSPS) is 17.7. The number of ether oxygens (including phenoxy) is 3. The Morgan fingerprint density at radius 1 is 0.952 bits per heavy atom. The van der Waals surface area contributed by atoms with Crippen molar-refractivity contribution >= 4 is 23.2 Å². The number of anilines is 2. The average Bonchev–Trinajstić information content (AvgIpc) is 3.54. The number of rotatable bonds is 19. The molecule has 12 nitrogen and oxygen atoms in total. The summed E-state index contributed by atoms with van der Waals surface area (Å²) in [6, 6.07) is 27.6. The van der Waals surface area contributed by atoms with Crippen LogP contribution in [-0.2, 0) is 37.3 Å². The molecule has 62 heavy (non-hydrogen) atoms. The van der Waals surface area contributed by atoms with Gasteiger partial charge in [0.2, 0.25) is 11.8 Å². The molecule has 5 aromatic rings. The summed E-state index contributed by atoms with van der Waals surface area (Å²) in [6.45, 7) is 10.9. The third-order valence-corrected chi connectivity index (χ3v) is 11.4. The molecule has 0 bridgehead atoms. The van der Waals surface area contributed by atoms with Gasteiger partial charge in [-0.3, -0.25) is 24.5 Å². The summed E-state index contributed by atoms with van der Waals surface area (Å²) in [5.74, 6) is 0.241. The van der Waals surface area contributed by atoms with Crippen molar-refractivity contribution < 1.29 is 28.2 Å². The summed E-state index contributed by atoms with van der Waals surface area (Å²) in [5, 5.41) is 9.81. The van der Waals surface area contributed by atoms with Crippen LogP contribution in [0.25, 0.3) is 11.1 Å². The Bertz CT molecular complexity index is 2260. The molecule has 3 aromatic carbocycles. The van der Waals surface area contributed by atoms with Crippen molar-refractivity contribution in [3.8, 4) is 16.9 Å². The monoisotopic (exact) mass is 843 g/mol. The van der Waals surface area contributed by atoms with Gasteiger partial charge in [0, 0.05) is 81.5 Å². The number of benzene rings is 3. The third kappa shape index (κ3) is 11.7. The number of piperazine rings is 1. The maximum atomic E-state index is 14.1. The van der Waals surface area contributed by atoms with Gasteiger partial charge in [-0.1, -0.05) is 56.3 Å². The number of fused-ring (bicyclic) bond motifs is 1. The lowest BCUT2D eigenvalue weighted by molar-refractivity contribution is -0.121. The highest BCUT2D eigenvalue weighted by atomic mass is 19.1. The number of nitrogens with one attached hydrogen (secondary N) is 3. The first-order valence-electron chi connectivity index (χ1n) is 21.4. The Kier molecular flexibility index (Phi) is 15.1. The molecule has 326 valence electrons. The second kappa shape index (κ2) is 21.0. The Morgan fingerprint density at radius 3 is 2.53 bits per heavy atom. The lowest BCUT2D eigenvalue weighted by Gasteiger charge is -2.39. The molecule has 4 heterocycles. The van der Waals surface area contributed by atoms with Crippen LogP contribution in [0, 0.1) is 5.82 Å². The predicted molar refractivity (Wildman–Crippen MR) is 240 cm³/mol. The van der Waals surface area contributed by atoms with Crippen LogP contribution in [0.2, 0.25) is 0 Å². The summed E-state index contributed by atoms with van der Waals surface area (Å²) in [7, 11) is 1.70. The summed E-state index contributed by atoms with van der Waals surface area (Å²) >= 11 is 0. The minimum atomic E-state index is -0.627. The minimum absolute atomic E-state index is 0.0682. The molecule has 0 radical (unpaired) electrons. The van der Waals surface area contributed by atoms with E-state index in [2.05, 4.69) is 52.7 Å². The van der Waals surface area contributed by atoms with Crippen LogP contribution in [0.15, 0.2) is 110 Å². The molecule has 1 saturated heterocycles. The van der Waals surface area contributed by atoms with Gasteiger partial charge in [0.25, 0.3) is 0 Å². The zero-order valence-electron chi connectivity index (χ0n) is 36.1. The fourth-order valence-corrected chi connectivity index (χ4v) is 8.24. The highest BCUT2D eigenvalue weighted by molar-refractivity contribution is 5.97. The lowest BCUT2D eigenvalue weighted by Crippen LogP contribution is -2.59. The Labute approximate surface area is 364 Å². The molecule has 0 unspecified atom stereocenters. The second-order valence-corrected chi connectivity index (χ2v) is 16.8. The van der Waals surface area contributed by atoms with E-state index in [1.54, 1.807) is 25.6 Å². The first-order valence-corrected chi connectivity index (χ1v) is 21.4. The van der Waals surface area contributed by atoms with Crippen LogP contribution < -0.4 is 25.6 Å². The van der Waals surface area contributed by atoms with E-state index in [1.807, 2.05) is 77.8 Å². The van der Waals surface area contributed by atoms with Gasteiger partial charge in [-0.15, -0.1) is 0 Å². The maximum absolute atomic E-state index is 14.1. The molecule has 2 aromatic heterocycles. The van der Waals surface area contributed by atoms with Gasteiger partial charge in [-0.05, 0) is 89.7 Å². The smallest absolute Gasteiger partial charge is 0.241 e. The SMILES string of the molecule is COC[C@H]1CN[C@H](C)CN1CC(=O)N1CC(C)(C)c2ncc(Cc3ccccc3OCCOCCN[C@H](Cc3cccc(F)c3)C(=O)Nc3ccc(-c4ccncc4)cc3)cc21. The largest absolute Gasteiger partial charge is 0.491 e. The third-order valence-electron chi connectivity index (χ3n) is 11.4. The fraction of sp³-hybridized carbons (Fsp3) is 0.388. The van der Waals surface area contributed by atoms with Crippen LogP contribution in [0.5, 0.6) is 5.75 Å². The van der Waals surface area contributed by atoms with Crippen molar-refractivity contribution in [3.63, 3.8) is 0 Å². The number of hydrogen-bond acceptors (Lipinski definition) is 10. The average molecular weight is 844 g/mol. The Balaban J connectivity index is 0.911. The van der Waals surface area contributed by atoms with Crippen molar-refractivity contribution in [1.82, 2.24) is 25.5 Å². The van der Waals surface area contributed by atoms with Crippen LogP contribution in [0.3, 0.4) is 0 Å².